The van der Waals surface area contributed by atoms with Crippen LogP contribution in [0.3, 0.4) is 0 Å². The zero-order valence-electron chi connectivity index (χ0n) is 9.36. The smallest absolute Gasteiger partial charge is 0.250 e. The summed E-state index contributed by atoms with van der Waals surface area (Å²) >= 11 is 0.990. The van der Waals surface area contributed by atoms with Crippen molar-refractivity contribution in [1.29, 1.82) is 5.26 Å². The molecule has 0 aromatic carbocycles. The van der Waals surface area contributed by atoms with Crippen molar-refractivity contribution >= 4 is 21.4 Å². The van der Waals surface area contributed by atoms with Gasteiger partial charge in [0.15, 0.2) is 0 Å². The molecule has 1 atom stereocenters. The summed E-state index contributed by atoms with van der Waals surface area (Å²) in [5, 5.41) is 11.8. The van der Waals surface area contributed by atoms with E-state index in [1.807, 2.05) is 13.0 Å². The van der Waals surface area contributed by atoms with Crippen LogP contribution in [0.1, 0.15) is 18.2 Å². The van der Waals surface area contributed by atoms with Crippen molar-refractivity contribution in [1.82, 2.24) is 10.0 Å². The van der Waals surface area contributed by atoms with Gasteiger partial charge in [0.1, 0.15) is 15.2 Å². The number of hydrogen-bond donors (Lipinski definition) is 2. The van der Waals surface area contributed by atoms with E-state index >= 15 is 0 Å². The van der Waals surface area contributed by atoms with Crippen molar-refractivity contribution in [2.24, 2.45) is 0 Å². The van der Waals surface area contributed by atoms with E-state index in [0.29, 0.717) is 11.4 Å². The molecule has 1 aromatic rings. The SMILES string of the molecule is CC1(NS(=O)(=O)c2ccc(C#N)s2)CCNC1. The molecule has 17 heavy (non-hydrogen) atoms. The van der Waals surface area contributed by atoms with Crippen molar-refractivity contribution in [2.75, 3.05) is 13.1 Å². The van der Waals surface area contributed by atoms with Crippen molar-refractivity contribution < 1.29 is 8.42 Å². The molecule has 0 spiro atoms. The minimum absolute atomic E-state index is 0.196. The van der Waals surface area contributed by atoms with Gasteiger partial charge in [-0.3, -0.25) is 0 Å². The highest BCUT2D eigenvalue weighted by molar-refractivity contribution is 7.91. The van der Waals surface area contributed by atoms with Crippen LogP contribution < -0.4 is 10.0 Å². The normalized spacial score (nSPS) is 24.7. The second-order valence-electron chi connectivity index (χ2n) is 4.32. The van der Waals surface area contributed by atoms with E-state index in [1.54, 1.807) is 0 Å². The zero-order chi connectivity index (χ0) is 12.5. The van der Waals surface area contributed by atoms with E-state index < -0.39 is 15.6 Å². The molecule has 0 bridgehead atoms. The lowest BCUT2D eigenvalue weighted by atomic mass is 10.0. The van der Waals surface area contributed by atoms with Gasteiger partial charge in [-0.05, 0) is 32.0 Å². The summed E-state index contributed by atoms with van der Waals surface area (Å²) in [5.41, 5.74) is -0.435. The van der Waals surface area contributed by atoms with Crippen molar-refractivity contribution in [3.05, 3.63) is 17.0 Å². The van der Waals surface area contributed by atoms with Crippen LogP contribution in [0.5, 0.6) is 0 Å². The van der Waals surface area contributed by atoms with Crippen LogP contribution in [0.25, 0.3) is 0 Å². The van der Waals surface area contributed by atoms with Crippen molar-refractivity contribution in [3.63, 3.8) is 0 Å². The zero-order valence-corrected chi connectivity index (χ0v) is 11.0. The molecule has 0 amide bonds. The van der Waals surface area contributed by atoms with Gasteiger partial charge in [0.05, 0.1) is 0 Å². The molecule has 1 saturated heterocycles. The van der Waals surface area contributed by atoms with Gasteiger partial charge >= 0.3 is 0 Å². The molecule has 2 N–H and O–H groups in total. The fourth-order valence-corrected chi connectivity index (χ4v) is 4.34. The summed E-state index contributed by atoms with van der Waals surface area (Å²) in [6.07, 6.45) is 0.767. The van der Waals surface area contributed by atoms with Crippen LogP contribution in [0.2, 0.25) is 0 Å². The molecule has 0 saturated carbocycles. The Morgan fingerprint density at radius 1 is 1.59 bits per heavy atom. The molecule has 92 valence electrons. The van der Waals surface area contributed by atoms with Crippen LogP contribution in [-0.4, -0.2) is 27.0 Å². The third-order valence-corrected chi connectivity index (χ3v) is 5.83. The minimum Gasteiger partial charge on any atom is -0.315 e. The number of sulfonamides is 1. The van der Waals surface area contributed by atoms with Crippen LogP contribution in [-0.2, 0) is 10.0 Å². The number of rotatable bonds is 3. The molecule has 0 radical (unpaired) electrons. The number of hydrogen-bond acceptors (Lipinski definition) is 5. The summed E-state index contributed by atoms with van der Waals surface area (Å²) in [7, 11) is -3.51. The van der Waals surface area contributed by atoms with E-state index in [-0.39, 0.29) is 4.21 Å². The topological polar surface area (TPSA) is 82.0 Å². The summed E-state index contributed by atoms with van der Waals surface area (Å²) in [4.78, 5) is 0.403. The Morgan fingerprint density at radius 2 is 2.35 bits per heavy atom. The summed E-state index contributed by atoms with van der Waals surface area (Å²) in [5.74, 6) is 0. The number of nitriles is 1. The Balaban J connectivity index is 2.22. The highest BCUT2D eigenvalue weighted by atomic mass is 32.2. The Labute approximate surface area is 105 Å². The summed E-state index contributed by atoms with van der Waals surface area (Å²) in [6.45, 7) is 3.32. The number of thiophene rings is 1. The summed E-state index contributed by atoms with van der Waals surface area (Å²) in [6, 6.07) is 4.93. The Bertz CT molecular complexity index is 550. The van der Waals surface area contributed by atoms with E-state index in [1.165, 1.54) is 12.1 Å². The summed E-state index contributed by atoms with van der Waals surface area (Å²) < 4.78 is 27.1. The van der Waals surface area contributed by atoms with Crippen molar-refractivity contribution in [3.8, 4) is 6.07 Å². The van der Waals surface area contributed by atoms with Gasteiger partial charge in [0, 0.05) is 12.1 Å². The second-order valence-corrected chi connectivity index (χ2v) is 7.32. The standard InChI is InChI=1S/C10H13N3O2S2/c1-10(4-5-12-7-10)13-17(14,15)9-3-2-8(6-11)16-9/h2-3,12-13H,4-5,7H2,1H3. The average Bonchev–Trinajstić information content (AvgIpc) is 2.85. The lowest BCUT2D eigenvalue weighted by molar-refractivity contribution is 0.452. The molecular formula is C10H13N3O2S2. The van der Waals surface area contributed by atoms with Gasteiger partial charge in [-0.15, -0.1) is 11.3 Å². The minimum atomic E-state index is -3.51. The second kappa shape index (κ2) is 4.38. The van der Waals surface area contributed by atoms with Gasteiger partial charge < -0.3 is 5.32 Å². The first-order valence-corrected chi connectivity index (χ1v) is 7.50. The largest absolute Gasteiger partial charge is 0.315 e. The predicted octanol–water partition coefficient (Wildman–Crippen LogP) is 0.650. The lowest BCUT2D eigenvalue weighted by Gasteiger charge is -2.23. The van der Waals surface area contributed by atoms with Gasteiger partial charge in [0.2, 0.25) is 0 Å². The number of nitrogens with zero attached hydrogens (tertiary/aromatic N) is 1. The fourth-order valence-electron chi connectivity index (χ4n) is 1.80. The molecule has 2 rings (SSSR count). The highest BCUT2D eigenvalue weighted by Crippen LogP contribution is 2.24. The van der Waals surface area contributed by atoms with Gasteiger partial charge in [-0.1, -0.05) is 0 Å². The highest BCUT2D eigenvalue weighted by Gasteiger charge is 2.34. The molecule has 1 aromatic heterocycles. The van der Waals surface area contributed by atoms with E-state index in [4.69, 9.17) is 5.26 Å². The fraction of sp³-hybridized carbons (Fsp3) is 0.500. The maximum Gasteiger partial charge on any atom is 0.250 e. The lowest BCUT2D eigenvalue weighted by Crippen LogP contribution is -2.47. The van der Waals surface area contributed by atoms with E-state index in [0.717, 1.165) is 24.3 Å². The van der Waals surface area contributed by atoms with Crippen molar-refractivity contribution in [2.45, 2.75) is 23.1 Å². The van der Waals surface area contributed by atoms with Crippen LogP contribution in [0, 0.1) is 11.3 Å². The molecule has 7 heteroatoms. The number of nitrogens with one attached hydrogen (secondary N) is 2. The van der Waals surface area contributed by atoms with Gasteiger partial charge in [0.25, 0.3) is 10.0 Å². The Kier molecular flexibility index (Phi) is 3.23. The molecule has 5 nitrogen and oxygen atoms in total. The first kappa shape index (κ1) is 12.5. The first-order valence-electron chi connectivity index (χ1n) is 5.20. The van der Waals surface area contributed by atoms with E-state index in [2.05, 4.69) is 10.0 Å². The molecule has 1 aliphatic rings. The molecule has 1 aliphatic heterocycles. The maximum absolute atomic E-state index is 12.1. The molecule has 2 heterocycles. The first-order chi connectivity index (χ1) is 7.95. The quantitative estimate of drug-likeness (QED) is 0.845. The Morgan fingerprint density at radius 3 is 2.88 bits per heavy atom. The maximum atomic E-state index is 12.1. The monoisotopic (exact) mass is 271 g/mol. The molecule has 1 unspecified atom stereocenters. The van der Waals surface area contributed by atoms with Gasteiger partial charge in [-0.25, -0.2) is 13.1 Å². The van der Waals surface area contributed by atoms with Gasteiger partial charge in [-0.2, -0.15) is 5.26 Å². The van der Waals surface area contributed by atoms with Crippen LogP contribution in [0.15, 0.2) is 16.3 Å². The van der Waals surface area contributed by atoms with E-state index in [9.17, 15) is 8.42 Å². The molecule has 0 aliphatic carbocycles. The Hall–Kier alpha value is -0.940. The molecule has 1 fully saturated rings. The predicted molar refractivity (Wildman–Crippen MR) is 65.2 cm³/mol. The molecular weight excluding hydrogens is 258 g/mol. The average molecular weight is 271 g/mol. The van der Waals surface area contributed by atoms with Crippen LogP contribution in [0.4, 0.5) is 0 Å². The van der Waals surface area contributed by atoms with Crippen LogP contribution >= 0.6 is 11.3 Å². The third-order valence-electron chi connectivity index (χ3n) is 2.71. The third kappa shape index (κ3) is 2.66.